The first-order valence-corrected chi connectivity index (χ1v) is 6.78. The molecule has 1 atom stereocenters. The predicted octanol–water partition coefficient (Wildman–Crippen LogP) is 2.27. The second-order valence-corrected chi connectivity index (χ2v) is 6.11. The van der Waals surface area contributed by atoms with Gasteiger partial charge >= 0.3 is 5.97 Å². The summed E-state index contributed by atoms with van der Waals surface area (Å²) < 4.78 is 4.81. The molecule has 0 bridgehead atoms. The third-order valence-electron chi connectivity index (χ3n) is 3.39. The van der Waals surface area contributed by atoms with Crippen molar-refractivity contribution in [3.63, 3.8) is 0 Å². The molecule has 1 aliphatic rings. The molecule has 94 valence electrons. The highest BCUT2D eigenvalue weighted by Gasteiger charge is 2.38. The van der Waals surface area contributed by atoms with Gasteiger partial charge in [-0.1, -0.05) is 19.9 Å². The van der Waals surface area contributed by atoms with Crippen LogP contribution in [0.25, 0.3) is 0 Å². The number of ether oxygens (including phenoxy) is 1. The maximum absolute atomic E-state index is 11.5. The molecule has 0 spiro atoms. The maximum atomic E-state index is 11.5. The lowest BCUT2D eigenvalue weighted by atomic mass is 9.88. The van der Waals surface area contributed by atoms with Crippen molar-refractivity contribution in [3.05, 3.63) is 22.4 Å². The number of hydrogen-bond acceptors (Lipinski definition) is 4. The Balaban J connectivity index is 1.99. The Morgan fingerprint density at radius 2 is 2.41 bits per heavy atom. The van der Waals surface area contributed by atoms with E-state index in [-0.39, 0.29) is 17.4 Å². The Bertz CT molecular complexity index is 386. The number of likely N-dealkylation sites (tertiary alicyclic amines) is 1. The second-order valence-electron chi connectivity index (χ2n) is 5.16. The summed E-state index contributed by atoms with van der Waals surface area (Å²) in [5, 5.41) is 2.10. The van der Waals surface area contributed by atoms with Crippen LogP contribution in [0.2, 0.25) is 0 Å². The van der Waals surface area contributed by atoms with Gasteiger partial charge in [0.25, 0.3) is 0 Å². The molecule has 0 amide bonds. The highest BCUT2D eigenvalue weighted by molar-refractivity contribution is 7.10. The molecule has 0 radical (unpaired) electrons. The van der Waals surface area contributed by atoms with E-state index < -0.39 is 0 Å². The molecular formula is C13H19NO2S. The number of esters is 1. The van der Waals surface area contributed by atoms with Gasteiger partial charge in [0.1, 0.15) is 6.04 Å². The molecule has 1 aromatic rings. The van der Waals surface area contributed by atoms with Gasteiger partial charge < -0.3 is 4.74 Å². The Labute approximate surface area is 106 Å². The lowest BCUT2D eigenvalue weighted by molar-refractivity contribution is -0.152. The van der Waals surface area contributed by atoms with Crippen molar-refractivity contribution >= 4 is 17.3 Å². The van der Waals surface area contributed by atoms with Crippen molar-refractivity contribution in [1.29, 1.82) is 0 Å². The first kappa shape index (κ1) is 12.6. The van der Waals surface area contributed by atoms with Crippen LogP contribution in [0.5, 0.6) is 0 Å². The quantitative estimate of drug-likeness (QED) is 0.771. The summed E-state index contributed by atoms with van der Waals surface area (Å²) in [6.45, 7) is 6.36. The fourth-order valence-electron chi connectivity index (χ4n) is 2.28. The monoisotopic (exact) mass is 253 g/mol. The van der Waals surface area contributed by atoms with Crippen LogP contribution in [-0.2, 0) is 14.9 Å². The fraction of sp³-hybridized carbons (Fsp3) is 0.615. The summed E-state index contributed by atoms with van der Waals surface area (Å²) >= 11 is 1.78. The maximum Gasteiger partial charge on any atom is 0.323 e. The summed E-state index contributed by atoms with van der Waals surface area (Å²) in [6, 6.07) is 4.21. The lowest BCUT2D eigenvalue weighted by Crippen LogP contribution is -2.56. The van der Waals surface area contributed by atoms with Gasteiger partial charge in [-0.2, -0.15) is 0 Å². The van der Waals surface area contributed by atoms with Gasteiger partial charge in [0.2, 0.25) is 0 Å². The zero-order valence-electron chi connectivity index (χ0n) is 10.6. The number of rotatable bonds is 4. The molecule has 1 aliphatic heterocycles. The van der Waals surface area contributed by atoms with Crippen molar-refractivity contribution in [2.45, 2.75) is 31.7 Å². The van der Waals surface area contributed by atoms with Crippen LogP contribution in [0.1, 0.15) is 25.1 Å². The number of thiophene rings is 1. The van der Waals surface area contributed by atoms with E-state index in [2.05, 4.69) is 36.3 Å². The van der Waals surface area contributed by atoms with Crippen molar-refractivity contribution in [2.24, 2.45) is 0 Å². The van der Waals surface area contributed by atoms with Crippen LogP contribution in [0, 0.1) is 0 Å². The summed E-state index contributed by atoms with van der Waals surface area (Å²) in [5.74, 6) is -0.0989. The van der Waals surface area contributed by atoms with Crippen LogP contribution in [0.15, 0.2) is 17.5 Å². The van der Waals surface area contributed by atoms with E-state index in [0.29, 0.717) is 0 Å². The molecule has 3 nitrogen and oxygen atoms in total. The fourth-order valence-corrected chi connectivity index (χ4v) is 3.13. The van der Waals surface area contributed by atoms with Gasteiger partial charge in [0, 0.05) is 23.4 Å². The van der Waals surface area contributed by atoms with Gasteiger partial charge in [-0.15, -0.1) is 11.3 Å². The standard InChI is InChI=1S/C13H19NO2S/c1-13(2,11-5-4-8-17-11)9-14-7-6-10(14)12(15)16-3/h4-5,8,10H,6-7,9H2,1-3H3. The van der Waals surface area contributed by atoms with Crippen molar-refractivity contribution < 1.29 is 9.53 Å². The minimum absolute atomic E-state index is 0.0285. The average molecular weight is 253 g/mol. The van der Waals surface area contributed by atoms with Crippen LogP contribution in [0.4, 0.5) is 0 Å². The Kier molecular flexibility index (Phi) is 3.54. The van der Waals surface area contributed by atoms with Gasteiger partial charge in [-0.05, 0) is 17.9 Å². The number of methoxy groups -OCH3 is 1. The third kappa shape index (κ3) is 2.53. The van der Waals surface area contributed by atoms with Gasteiger partial charge in [-0.3, -0.25) is 9.69 Å². The van der Waals surface area contributed by atoms with Crippen molar-refractivity contribution in [3.8, 4) is 0 Å². The largest absolute Gasteiger partial charge is 0.468 e. The number of nitrogens with zero attached hydrogens (tertiary/aromatic N) is 1. The molecule has 1 aromatic heterocycles. The minimum Gasteiger partial charge on any atom is -0.468 e. The first-order chi connectivity index (χ1) is 8.04. The zero-order valence-corrected chi connectivity index (χ0v) is 11.4. The van der Waals surface area contributed by atoms with Crippen LogP contribution in [0.3, 0.4) is 0 Å². The van der Waals surface area contributed by atoms with Crippen molar-refractivity contribution in [2.75, 3.05) is 20.2 Å². The number of carbonyl (C=O) groups is 1. The zero-order chi connectivity index (χ0) is 12.5. The average Bonchev–Trinajstić information content (AvgIpc) is 2.78. The Morgan fingerprint density at radius 1 is 1.65 bits per heavy atom. The van der Waals surface area contributed by atoms with Crippen molar-refractivity contribution in [1.82, 2.24) is 4.90 Å². The molecule has 0 N–H and O–H groups in total. The first-order valence-electron chi connectivity index (χ1n) is 5.90. The van der Waals surface area contributed by atoms with Gasteiger partial charge in [0.05, 0.1) is 7.11 Å². The van der Waals surface area contributed by atoms with Crippen LogP contribution < -0.4 is 0 Å². The molecule has 1 fully saturated rings. The van der Waals surface area contributed by atoms with E-state index in [0.717, 1.165) is 19.5 Å². The predicted molar refractivity (Wildman–Crippen MR) is 69.3 cm³/mol. The number of carbonyl (C=O) groups excluding carboxylic acids is 1. The molecule has 2 rings (SSSR count). The molecule has 0 aliphatic carbocycles. The Morgan fingerprint density at radius 3 is 2.88 bits per heavy atom. The van der Waals surface area contributed by atoms with E-state index in [4.69, 9.17) is 4.74 Å². The molecule has 0 aromatic carbocycles. The van der Waals surface area contributed by atoms with Crippen LogP contribution in [-0.4, -0.2) is 37.1 Å². The topological polar surface area (TPSA) is 29.5 Å². The summed E-state index contributed by atoms with van der Waals surface area (Å²) in [7, 11) is 1.46. The molecule has 4 heteroatoms. The highest BCUT2D eigenvalue weighted by atomic mass is 32.1. The van der Waals surface area contributed by atoms with E-state index in [1.54, 1.807) is 11.3 Å². The van der Waals surface area contributed by atoms with Gasteiger partial charge in [-0.25, -0.2) is 0 Å². The summed E-state index contributed by atoms with van der Waals surface area (Å²) in [5.41, 5.74) is 0.0981. The highest BCUT2D eigenvalue weighted by Crippen LogP contribution is 2.31. The molecule has 0 saturated carbocycles. The van der Waals surface area contributed by atoms with E-state index in [1.165, 1.54) is 12.0 Å². The second kappa shape index (κ2) is 4.78. The normalized spacial score (nSPS) is 21.0. The molecule has 2 heterocycles. The third-order valence-corrected chi connectivity index (χ3v) is 4.63. The molecule has 1 unspecified atom stereocenters. The van der Waals surface area contributed by atoms with E-state index in [9.17, 15) is 4.79 Å². The SMILES string of the molecule is COC(=O)C1CCN1CC(C)(C)c1cccs1. The summed E-state index contributed by atoms with van der Waals surface area (Å²) in [6.07, 6.45) is 0.924. The Hall–Kier alpha value is -0.870. The van der Waals surface area contributed by atoms with E-state index >= 15 is 0 Å². The molecular weight excluding hydrogens is 234 g/mol. The van der Waals surface area contributed by atoms with Crippen LogP contribution >= 0.6 is 11.3 Å². The lowest BCUT2D eigenvalue weighted by Gasteiger charge is -2.43. The number of hydrogen-bond donors (Lipinski definition) is 0. The van der Waals surface area contributed by atoms with Gasteiger partial charge in [0.15, 0.2) is 0 Å². The summed E-state index contributed by atoms with van der Waals surface area (Å²) in [4.78, 5) is 15.1. The minimum atomic E-state index is -0.0989. The molecule has 17 heavy (non-hydrogen) atoms. The van der Waals surface area contributed by atoms with E-state index in [1.807, 2.05) is 0 Å². The smallest absolute Gasteiger partial charge is 0.323 e. The molecule has 1 saturated heterocycles.